The number of carboxylic acids is 2. The monoisotopic (exact) mass is 254 g/mol. The first-order chi connectivity index (χ1) is 9.08. The fraction of sp³-hybridized carbons (Fsp3) is 0.0667. The van der Waals surface area contributed by atoms with E-state index in [4.69, 9.17) is 5.11 Å². The Morgan fingerprint density at radius 2 is 1.84 bits per heavy atom. The van der Waals surface area contributed by atoms with E-state index in [0.29, 0.717) is 12.0 Å². The molecule has 0 heterocycles. The maximum atomic E-state index is 11.3. The van der Waals surface area contributed by atoms with Crippen molar-refractivity contribution in [1.82, 2.24) is 0 Å². The van der Waals surface area contributed by atoms with Gasteiger partial charge in [0.05, 0.1) is 11.1 Å². The summed E-state index contributed by atoms with van der Waals surface area (Å²) in [5, 5.41) is 19.9. The van der Waals surface area contributed by atoms with E-state index in [9.17, 15) is 14.7 Å². The molecule has 0 spiro atoms. The molecule has 4 heteroatoms. The third kappa shape index (κ3) is 1.69. The normalized spacial score (nSPS) is 13.2. The third-order valence-corrected chi connectivity index (χ3v) is 3.36. The summed E-state index contributed by atoms with van der Waals surface area (Å²) in [4.78, 5) is 22.4. The molecule has 19 heavy (non-hydrogen) atoms. The van der Waals surface area contributed by atoms with Gasteiger partial charge in [0, 0.05) is 0 Å². The van der Waals surface area contributed by atoms with Gasteiger partial charge in [-0.15, -0.1) is 0 Å². The van der Waals surface area contributed by atoms with Gasteiger partial charge in [0.25, 0.3) is 0 Å². The zero-order valence-electron chi connectivity index (χ0n) is 9.88. The molecule has 4 nitrogen and oxygen atoms in total. The van der Waals surface area contributed by atoms with Crippen LogP contribution in [0.15, 0.2) is 36.4 Å². The summed E-state index contributed by atoms with van der Waals surface area (Å²) in [7, 11) is 0. The van der Waals surface area contributed by atoms with E-state index < -0.39 is 11.9 Å². The van der Waals surface area contributed by atoms with Crippen LogP contribution in [0, 0.1) is 0 Å². The van der Waals surface area contributed by atoms with E-state index in [0.717, 1.165) is 16.3 Å². The predicted molar refractivity (Wildman–Crippen MR) is 70.2 cm³/mol. The molecule has 0 fully saturated rings. The highest BCUT2D eigenvalue weighted by Gasteiger charge is 2.21. The molecule has 2 N–H and O–H groups in total. The Morgan fingerprint density at radius 3 is 2.53 bits per heavy atom. The minimum atomic E-state index is -1.06. The van der Waals surface area contributed by atoms with E-state index in [1.165, 1.54) is 6.07 Å². The quantitative estimate of drug-likeness (QED) is 0.863. The zero-order valence-corrected chi connectivity index (χ0v) is 9.88. The maximum Gasteiger partial charge on any atom is 0.336 e. The average molecular weight is 254 g/mol. The molecule has 0 amide bonds. The van der Waals surface area contributed by atoms with Crippen molar-refractivity contribution in [1.29, 1.82) is 0 Å². The van der Waals surface area contributed by atoms with Gasteiger partial charge in [0.2, 0.25) is 0 Å². The van der Waals surface area contributed by atoms with Crippen LogP contribution in [0.4, 0.5) is 0 Å². The Labute approximate surface area is 108 Å². The molecule has 0 aliphatic heterocycles. The molecule has 2 aromatic carbocycles. The van der Waals surface area contributed by atoms with Crippen LogP contribution < -0.4 is 0 Å². The lowest BCUT2D eigenvalue weighted by molar-refractivity contribution is -0.130. The first kappa shape index (κ1) is 11.5. The minimum Gasteiger partial charge on any atom is -0.478 e. The van der Waals surface area contributed by atoms with Gasteiger partial charge in [0.1, 0.15) is 0 Å². The lowest BCUT2D eigenvalue weighted by Gasteiger charge is -2.17. The summed E-state index contributed by atoms with van der Waals surface area (Å²) >= 11 is 0. The van der Waals surface area contributed by atoms with Crippen LogP contribution >= 0.6 is 0 Å². The molecule has 0 bridgehead atoms. The van der Waals surface area contributed by atoms with Gasteiger partial charge >= 0.3 is 11.9 Å². The van der Waals surface area contributed by atoms with Crippen LogP contribution in [-0.2, 0) is 11.2 Å². The molecule has 1 aliphatic rings. The predicted octanol–water partition coefficient (Wildman–Crippen LogP) is 2.56. The average Bonchev–Trinajstić information content (AvgIpc) is 2.38. The van der Waals surface area contributed by atoms with Gasteiger partial charge in [-0.25, -0.2) is 9.59 Å². The van der Waals surface area contributed by atoms with Gasteiger partial charge in [-0.05, 0) is 40.5 Å². The fourth-order valence-electron chi connectivity index (χ4n) is 2.54. The van der Waals surface area contributed by atoms with Crippen LogP contribution in [0.2, 0.25) is 0 Å². The Morgan fingerprint density at radius 1 is 1.05 bits per heavy atom. The Balaban J connectivity index is 2.41. The molecular formula is C15H10O4. The molecule has 0 unspecified atom stereocenters. The van der Waals surface area contributed by atoms with Crippen molar-refractivity contribution in [3.8, 4) is 0 Å². The number of carboxylic acid groups (broad SMARTS) is 2. The highest BCUT2D eigenvalue weighted by atomic mass is 16.4. The number of benzene rings is 2. The summed E-state index contributed by atoms with van der Waals surface area (Å²) in [5.74, 6) is -2.09. The molecule has 94 valence electrons. The van der Waals surface area contributed by atoms with Crippen molar-refractivity contribution in [2.45, 2.75) is 6.42 Å². The first-order valence-electron chi connectivity index (χ1n) is 5.80. The van der Waals surface area contributed by atoms with Crippen LogP contribution in [0.1, 0.15) is 21.5 Å². The summed E-state index contributed by atoms with van der Waals surface area (Å²) < 4.78 is 0. The second-order valence-electron chi connectivity index (χ2n) is 4.47. The van der Waals surface area contributed by atoms with Crippen LogP contribution in [0.25, 0.3) is 16.3 Å². The topological polar surface area (TPSA) is 74.6 Å². The standard InChI is InChI=1S/C15H10O4/c16-14(17)10-6-9-3-1-2-8-4-5-11(15(18)19)12(7-10)13(8)9/h1-3,5-7H,4H2,(H,16,17)(H,18,19). The van der Waals surface area contributed by atoms with E-state index in [2.05, 4.69) is 0 Å². The van der Waals surface area contributed by atoms with Crippen molar-refractivity contribution in [2.75, 3.05) is 0 Å². The zero-order chi connectivity index (χ0) is 13.6. The van der Waals surface area contributed by atoms with E-state index >= 15 is 0 Å². The number of aliphatic carboxylic acids is 1. The molecule has 0 aromatic heterocycles. The van der Waals surface area contributed by atoms with Crippen LogP contribution in [0.3, 0.4) is 0 Å². The summed E-state index contributed by atoms with van der Waals surface area (Å²) in [6.45, 7) is 0. The van der Waals surface area contributed by atoms with Crippen LogP contribution in [-0.4, -0.2) is 22.2 Å². The lowest BCUT2D eigenvalue weighted by Crippen LogP contribution is -2.08. The smallest absolute Gasteiger partial charge is 0.336 e. The van der Waals surface area contributed by atoms with E-state index in [1.54, 1.807) is 18.2 Å². The number of carbonyl (C=O) groups is 2. The number of rotatable bonds is 2. The minimum absolute atomic E-state index is 0.105. The molecule has 0 atom stereocenters. The fourth-order valence-corrected chi connectivity index (χ4v) is 2.54. The van der Waals surface area contributed by atoms with Gasteiger partial charge in [-0.1, -0.05) is 24.3 Å². The van der Waals surface area contributed by atoms with Crippen molar-refractivity contribution in [3.63, 3.8) is 0 Å². The summed E-state index contributed by atoms with van der Waals surface area (Å²) in [6.07, 6.45) is 2.18. The summed E-state index contributed by atoms with van der Waals surface area (Å²) in [6, 6.07) is 8.61. The lowest BCUT2D eigenvalue weighted by atomic mass is 9.87. The molecule has 0 radical (unpaired) electrons. The maximum absolute atomic E-state index is 11.3. The number of allylic oxidation sites excluding steroid dienone is 1. The molecular weight excluding hydrogens is 244 g/mol. The van der Waals surface area contributed by atoms with E-state index in [-0.39, 0.29) is 11.1 Å². The van der Waals surface area contributed by atoms with Crippen molar-refractivity contribution in [3.05, 3.63) is 53.1 Å². The largest absolute Gasteiger partial charge is 0.478 e. The van der Waals surface area contributed by atoms with Gasteiger partial charge in [-0.2, -0.15) is 0 Å². The molecule has 1 aliphatic carbocycles. The third-order valence-electron chi connectivity index (χ3n) is 3.36. The molecule has 0 saturated carbocycles. The van der Waals surface area contributed by atoms with Gasteiger partial charge < -0.3 is 10.2 Å². The van der Waals surface area contributed by atoms with Crippen LogP contribution in [0.5, 0.6) is 0 Å². The van der Waals surface area contributed by atoms with Crippen molar-refractivity contribution >= 4 is 28.3 Å². The Hall–Kier alpha value is -2.62. The first-order valence-corrected chi connectivity index (χ1v) is 5.80. The highest BCUT2D eigenvalue weighted by molar-refractivity contribution is 6.21. The molecule has 0 saturated heterocycles. The highest BCUT2D eigenvalue weighted by Crippen LogP contribution is 2.34. The van der Waals surface area contributed by atoms with Gasteiger partial charge in [0.15, 0.2) is 0 Å². The van der Waals surface area contributed by atoms with Crippen molar-refractivity contribution < 1.29 is 19.8 Å². The Bertz CT molecular complexity index is 756. The second kappa shape index (κ2) is 3.95. The summed E-state index contributed by atoms with van der Waals surface area (Å²) in [5.41, 5.74) is 1.79. The number of aromatic carboxylic acids is 1. The number of hydrogen-bond donors (Lipinski definition) is 2. The second-order valence-corrected chi connectivity index (χ2v) is 4.47. The SMILES string of the molecule is O=C(O)C1=CCc2cccc3cc(C(=O)O)cc1c23. The van der Waals surface area contributed by atoms with Crippen molar-refractivity contribution in [2.24, 2.45) is 0 Å². The van der Waals surface area contributed by atoms with E-state index in [1.807, 2.05) is 12.1 Å². The number of hydrogen-bond acceptors (Lipinski definition) is 2. The molecule has 2 aromatic rings. The molecule has 3 rings (SSSR count). The van der Waals surface area contributed by atoms with Gasteiger partial charge in [-0.3, -0.25) is 0 Å². The Kier molecular flexibility index (Phi) is 2.38.